The largest absolute Gasteiger partial charge is 0.452 e. The number of ether oxygens (including phenoxy) is 1. The maximum atomic E-state index is 12.1. The first-order chi connectivity index (χ1) is 13.3. The number of nitro benzene ring substituents is 1. The molecule has 2 rings (SSSR count). The number of benzene rings is 1. The molecule has 1 aromatic heterocycles. The highest BCUT2D eigenvalue weighted by Crippen LogP contribution is 2.25. The number of hydrogen-bond acceptors (Lipinski definition) is 9. The Labute approximate surface area is 167 Å². The molecule has 12 heteroatoms. The van der Waals surface area contributed by atoms with Crippen LogP contribution in [-0.4, -0.2) is 40.6 Å². The first-order valence-corrected chi connectivity index (χ1v) is 9.89. The van der Waals surface area contributed by atoms with Crippen molar-refractivity contribution >= 4 is 46.6 Å². The van der Waals surface area contributed by atoms with E-state index in [0.29, 0.717) is 9.90 Å². The fourth-order valence-electron chi connectivity index (χ4n) is 2.01. The van der Waals surface area contributed by atoms with E-state index in [2.05, 4.69) is 15.8 Å². The molecule has 1 heterocycles. The quantitative estimate of drug-likeness (QED) is 0.296. The van der Waals surface area contributed by atoms with Crippen LogP contribution in [0, 0.1) is 17.0 Å². The van der Waals surface area contributed by atoms with Gasteiger partial charge in [0.05, 0.1) is 11.3 Å². The van der Waals surface area contributed by atoms with Gasteiger partial charge in [0.2, 0.25) is 5.91 Å². The lowest BCUT2D eigenvalue weighted by Crippen LogP contribution is -2.44. The molecule has 0 fully saturated rings. The van der Waals surface area contributed by atoms with Crippen LogP contribution in [0.25, 0.3) is 0 Å². The second-order valence-electron chi connectivity index (χ2n) is 5.37. The van der Waals surface area contributed by atoms with Gasteiger partial charge in [0, 0.05) is 22.0 Å². The van der Waals surface area contributed by atoms with Gasteiger partial charge in [-0.1, -0.05) is 0 Å². The molecular formula is C16H16N4O6S2. The molecule has 0 bridgehead atoms. The third kappa shape index (κ3) is 6.03. The zero-order valence-corrected chi connectivity index (χ0v) is 16.5. The molecule has 0 saturated heterocycles. The Bertz CT molecular complexity index is 914. The molecule has 0 atom stereocenters. The van der Waals surface area contributed by atoms with Crippen LogP contribution in [0.4, 0.5) is 5.69 Å². The van der Waals surface area contributed by atoms with Crippen LogP contribution in [0.1, 0.15) is 21.1 Å². The zero-order chi connectivity index (χ0) is 20.7. The molecule has 1 aromatic carbocycles. The molecule has 0 aliphatic rings. The van der Waals surface area contributed by atoms with E-state index in [1.807, 2.05) is 0 Å². The molecule has 2 amide bonds. The lowest BCUT2D eigenvalue weighted by Gasteiger charge is -2.08. The van der Waals surface area contributed by atoms with Gasteiger partial charge in [0.15, 0.2) is 6.61 Å². The minimum atomic E-state index is -1.01. The molecule has 0 spiro atoms. The Morgan fingerprint density at radius 1 is 1.29 bits per heavy atom. The monoisotopic (exact) mass is 424 g/mol. The van der Waals surface area contributed by atoms with Gasteiger partial charge in [-0.05, 0) is 25.3 Å². The summed E-state index contributed by atoms with van der Waals surface area (Å²) in [6, 6.07) is 4.02. The van der Waals surface area contributed by atoms with Gasteiger partial charge in [-0.3, -0.25) is 30.6 Å². The van der Waals surface area contributed by atoms with Crippen molar-refractivity contribution in [3.63, 3.8) is 0 Å². The van der Waals surface area contributed by atoms with E-state index in [-0.39, 0.29) is 12.0 Å². The molecular weight excluding hydrogens is 408 g/mol. The fraction of sp³-hybridized carbons (Fsp3) is 0.250. The minimum absolute atomic E-state index is 0.00769. The van der Waals surface area contributed by atoms with Crippen molar-refractivity contribution in [2.75, 3.05) is 12.9 Å². The van der Waals surface area contributed by atoms with Gasteiger partial charge in [0.1, 0.15) is 10.6 Å². The SMILES string of the molecule is CSc1ccc([N+](=O)[O-])c(C(=O)OCC(=O)NNC(=O)Cc2nc(C)cs2)c1. The Morgan fingerprint density at radius 3 is 2.61 bits per heavy atom. The van der Waals surface area contributed by atoms with Gasteiger partial charge >= 0.3 is 5.97 Å². The second-order valence-corrected chi connectivity index (χ2v) is 7.19. The Kier molecular flexibility index (Phi) is 7.46. The van der Waals surface area contributed by atoms with Crippen molar-refractivity contribution in [1.82, 2.24) is 15.8 Å². The van der Waals surface area contributed by atoms with E-state index in [1.54, 1.807) is 18.6 Å². The molecule has 2 N–H and O–H groups in total. The average Bonchev–Trinajstić information content (AvgIpc) is 3.08. The van der Waals surface area contributed by atoms with E-state index >= 15 is 0 Å². The molecule has 0 saturated carbocycles. The van der Waals surface area contributed by atoms with Crippen molar-refractivity contribution in [1.29, 1.82) is 0 Å². The van der Waals surface area contributed by atoms with E-state index in [0.717, 1.165) is 5.69 Å². The summed E-state index contributed by atoms with van der Waals surface area (Å²) in [5.41, 5.74) is 4.39. The van der Waals surface area contributed by atoms with Gasteiger partial charge in [0.25, 0.3) is 11.6 Å². The highest BCUT2D eigenvalue weighted by Gasteiger charge is 2.22. The van der Waals surface area contributed by atoms with E-state index < -0.39 is 35.0 Å². The second kappa shape index (κ2) is 9.80. The number of aryl methyl sites for hydroxylation is 1. The molecule has 0 radical (unpaired) electrons. The van der Waals surface area contributed by atoms with Gasteiger partial charge in [-0.25, -0.2) is 9.78 Å². The summed E-state index contributed by atoms with van der Waals surface area (Å²) >= 11 is 2.62. The number of esters is 1. The predicted molar refractivity (Wildman–Crippen MR) is 102 cm³/mol. The normalized spacial score (nSPS) is 10.2. The van der Waals surface area contributed by atoms with Crippen molar-refractivity contribution in [3.05, 3.63) is 50.0 Å². The van der Waals surface area contributed by atoms with Crippen LogP contribution in [-0.2, 0) is 20.7 Å². The third-order valence-corrected chi connectivity index (χ3v) is 4.97. The fourth-order valence-corrected chi connectivity index (χ4v) is 3.22. The standard InChI is InChI=1S/C16H16N4O6S2/c1-9-8-28-15(17-9)6-13(21)18-19-14(22)7-26-16(23)11-5-10(27-2)3-4-12(11)20(24)25/h3-5,8H,6-7H2,1-2H3,(H,18,21)(H,19,22). The molecule has 148 valence electrons. The highest BCUT2D eigenvalue weighted by molar-refractivity contribution is 7.98. The summed E-state index contributed by atoms with van der Waals surface area (Å²) in [4.78, 5) is 50.7. The Morgan fingerprint density at radius 2 is 2.00 bits per heavy atom. The van der Waals surface area contributed by atoms with Crippen LogP contribution < -0.4 is 10.9 Å². The lowest BCUT2D eigenvalue weighted by molar-refractivity contribution is -0.385. The number of thioether (sulfide) groups is 1. The summed E-state index contributed by atoms with van der Waals surface area (Å²) in [5, 5.41) is 13.4. The maximum Gasteiger partial charge on any atom is 0.345 e. The van der Waals surface area contributed by atoms with Crippen LogP contribution in [0.2, 0.25) is 0 Å². The number of carbonyl (C=O) groups is 3. The van der Waals surface area contributed by atoms with Crippen molar-refractivity contribution < 1.29 is 24.0 Å². The summed E-state index contributed by atoms with van der Waals surface area (Å²) in [5.74, 6) is -2.29. The van der Waals surface area contributed by atoms with Crippen LogP contribution in [0.3, 0.4) is 0 Å². The van der Waals surface area contributed by atoms with Crippen molar-refractivity contribution in [2.24, 2.45) is 0 Å². The smallest absolute Gasteiger partial charge is 0.345 e. The number of hydrazine groups is 1. The Hall–Kier alpha value is -2.99. The van der Waals surface area contributed by atoms with Gasteiger partial charge < -0.3 is 4.74 Å². The number of hydrogen-bond donors (Lipinski definition) is 2. The average molecular weight is 424 g/mol. The number of rotatable bonds is 7. The number of amides is 2. The number of aromatic nitrogens is 1. The van der Waals surface area contributed by atoms with Crippen LogP contribution in [0.5, 0.6) is 0 Å². The number of thiazole rings is 1. The number of nitrogens with one attached hydrogen (secondary N) is 2. The minimum Gasteiger partial charge on any atom is -0.452 e. The van der Waals surface area contributed by atoms with Gasteiger partial charge in [-0.2, -0.15) is 0 Å². The van der Waals surface area contributed by atoms with Crippen molar-refractivity contribution in [2.45, 2.75) is 18.2 Å². The molecule has 10 nitrogen and oxygen atoms in total. The Balaban J connectivity index is 1.86. The van der Waals surface area contributed by atoms with Gasteiger partial charge in [-0.15, -0.1) is 23.1 Å². The maximum absolute atomic E-state index is 12.1. The first kappa shape index (κ1) is 21.3. The lowest BCUT2D eigenvalue weighted by atomic mass is 10.2. The number of nitro groups is 1. The number of carbonyl (C=O) groups excluding carboxylic acids is 3. The summed E-state index contributed by atoms with van der Waals surface area (Å²) in [6.45, 7) is 1.09. The molecule has 0 aliphatic heterocycles. The topological polar surface area (TPSA) is 141 Å². The van der Waals surface area contributed by atoms with Crippen LogP contribution in [0.15, 0.2) is 28.5 Å². The van der Waals surface area contributed by atoms with Crippen molar-refractivity contribution in [3.8, 4) is 0 Å². The summed E-state index contributed by atoms with van der Waals surface area (Å²) in [7, 11) is 0. The highest BCUT2D eigenvalue weighted by atomic mass is 32.2. The first-order valence-electron chi connectivity index (χ1n) is 7.78. The number of nitrogens with zero attached hydrogens (tertiary/aromatic N) is 2. The molecule has 0 unspecified atom stereocenters. The zero-order valence-electron chi connectivity index (χ0n) is 14.9. The summed E-state index contributed by atoms with van der Waals surface area (Å²) < 4.78 is 4.81. The third-order valence-electron chi connectivity index (χ3n) is 3.27. The predicted octanol–water partition coefficient (Wildman–Crippen LogP) is 1.63. The van der Waals surface area contributed by atoms with Crippen LogP contribution >= 0.6 is 23.1 Å². The molecule has 2 aromatic rings. The van der Waals surface area contributed by atoms with E-state index in [4.69, 9.17) is 4.74 Å². The molecule has 28 heavy (non-hydrogen) atoms. The molecule has 0 aliphatic carbocycles. The van der Waals surface area contributed by atoms with E-state index in [9.17, 15) is 24.5 Å². The van der Waals surface area contributed by atoms with E-state index in [1.165, 1.54) is 41.3 Å². The summed E-state index contributed by atoms with van der Waals surface area (Å²) in [6.07, 6.45) is 1.74.